The van der Waals surface area contributed by atoms with Gasteiger partial charge in [0.05, 0.1) is 0 Å². The molecule has 7 heteroatoms. The Labute approximate surface area is 139 Å². The molecule has 1 aliphatic rings. The van der Waals surface area contributed by atoms with Crippen LogP contribution in [0.15, 0.2) is 61.3 Å². The fourth-order valence-corrected chi connectivity index (χ4v) is 2.68. The van der Waals surface area contributed by atoms with Crippen molar-refractivity contribution in [3.63, 3.8) is 0 Å². The number of carbonyl (C=O) groups excluding carboxylic acids is 1. The quantitative estimate of drug-likeness (QED) is 0.791. The number of nitrogens with zero attached hydrogens (tertiary/aromatic N) is 5. The van der Waals surface area contributed by atoms with Crippen LogP contribution in [0, 0.1) is 0 Å². The summed E-state index contributed by atoms with van der Waals surface area (Å²) in [6.45, 7) is 0.922. The SMILES string of the molecule is O=C(NC1CCN1c1ccccc1)c1nccc(-n2ccnc2)n1. The average Bonchev–Trinajstić information content (AvgIpc) is 3.14. The highest BCUT2D eigenvalue weighted by Gasteiger charge is 2.30. The molecule has 1 amide bonds. The third-order valence-electron chi connectivity index (χ3n) is 4.02. The lowest BCUT2D eigenvalue weighted by Crippen LogP contribution is -2.58. The molecule has 1 N–H and O–H groups in total. The van der Waals surface area contributed by atoms with Gasteiger partial charge in [-0.25, -0.2) is 15.0 Å². The highest BCUT2D eigenvalue weighted by molar-refractivity contribution is 5.91. The van der Waals surface area contributed by atoms with Crippen LogP contribution in [0.2, 0.25) is 0 Å². The van der Waals surface area contributed by atoms with E-state index >= 15 is 0 Å². The van der Waals surface area contributed by atoms with E-state index in [2.05, 4.69) is 25.2 Å². The minimum atomic E-state index is -0.275. The highest BCUT2D eigenvalue weighted by Crippen LogP contribution is 2.24. The Balaban J connectivity index is 1.48. The maximum atomic E-state index is 12.5. The summed E-state index contributed by atoms with van der Waals surface area (Å²) in [4.78, 5) is 27.0. The molecular weight excluding hydrogens is 304 g/mol. The first-order valence-electron chi connectivity index (χ1n) is 7.75. The van der Waals surface area contributed by atoms with E-state index in [4.69, 9.17) is 0 Å². The summed E-state index contributed by atoms with van der Waals surface area (Å²) >= 11 is 0. The third-order valence-corrected chi connectivity index (χ3v) is 4.02. The van der Waals surface area contributed by atoms with E-state index in [1.165, 1.54) is 0 Å². The van der Waals surface area contributed by atoms with Crippen LogP contribution in [-0.4, -0.2) is 38.1 Å². The van der Waals surface area contributed by atoms with Crippen molar-refractivity contribution < 1.29 is 4.79 Å². The lowest BCUT2D eigenvalue weighted by atomic mass is 10.1. The van der Waals surface area contributed by atoms with E-state index in [1.54, 1.807) is 35.6 Å². The summed E-state index contributed by atoms with van der Waals surface area (Å²) in [6, 6.07) is 11.8. The van der Waals surface area contributed by atoms with Crippen molar-refractivity contribution in [2.24, 2.45) is 0 Å². The van der Waals surface area contributed by atoms with Gasteiger partial charge < -0.3 is 10.2 Å². The van der Waals surface area contributed by atoms with Gasteiger partial charge in [-0.15, -0.1) is 0 Å². The number of carbonyl (C=O) groups is 1. The molecular formula is C17H16N6O. The molecule has 3 aromatic rings. The van der Waals surface area contributed by atoms with E-state index in [-0.39, 0.29) is 17.9 Å². The number of para-hydroxylation sites is 1. The predicted octanol–water partition coefficient (Wildman–Crippen LogP) is 1.63. The zero-order valence-corrected chi connectivity index (χ0v) is 12.9. The Bertz CT molecular complexity index is 833. The minimum Gasteiger partial charge on any atom is -0.351 e. The number of anilines is 1. The number of hydrogen-bond acceptors (Lipinski definition) is 5. The Hall–Kier alpha value is -3.22. The van der Waals surface area contributed by atoms with Gasteiger partial charge in [0.15, 0.2) is 0 Å². The van der Waals surface area contributed by atoms with E-state index in [1.807, 2.05) is 30.3 Å². The molecule has 24 heavy (non-hydrogen) atoms. The van der Waals surface area contributed by atoms with E-state index in [0.717, 1.165) is 18.7 Å². The first-order valence-corrected chi connectivity index (χ1v) is 7.75. The van der Waals surface area contributed by atoms with Crippen molar-refractivity contribution >= 4 is 11.6 Å². The normalized spacial score (nSPS) is 16.5. The number of aromatic nitrogens is 4. The molecule has 1 fully saturated rings. The maximum absolute atomic E-state index is 12.5. The van der Waals surface area contributed by atoms with Crippen LogP contribution in [-0.2, 0) is 0 Å². The molecule has 1 aliphatic heterocycles. The summed E-state index contributed by atoms with van der Waals surface area (Å²) in [7, 11) is 0. The smallest absolute Gasteiger partial charge is 0.290 e. The number of hydrogen-bond donors (Lipinski definition) is 1. The topological polar surface area (TPSA) is 75.9 Å². The number of benzene rings is 1. The van der Waals surface area contributed by atoms with E-state index in [0.29, 0.717) is 5.82 Å². The molecule has 3 heterocycles. The molecule has 1 unspecified atom stereocenters. The number of imidazole rings is 1. The lowest BCUT2D eigenvalue weighted by Gasteiger charge is -2.42. The Kier molecular flexibility index (Phi) is 3.66. The van der Waals surface area contributed by atoms with Gasteiger partial charge in [0.2, 0.25) is 5.82 Å². The molecule has 0 spiro atoms. The van der Waals surface area contributed by atoms with Crippen molar-refractivity contribution in [3.8, 4) is 5.82 Å². The Morgan fingerprint density at radius 3 is 2.75 bits per heavy atom. The average molecular weight is 320 g/mol. The molecule has 0 radical (unpaired) electrons. The summed E-state index contributed by atoms with van der Waals surface area (Å²) in [5.74, 6) is 0.491. The summed E-state index contributed by atoms with van der Waals surface area (Å²) in [5.41, 5.74) is 1.10. The third kappa shape index (κ3) is 2.71. The zero-order valence-electron chi connectivity index (χ0n) is 12.9. The standard InChI is InChI=1S/C17H16N6O/c24-17(16-19-8-6-14(20-16)22-11-9-18-12-22)21-15-7-10-23(15)13-4-2-1-3-5-13/h1-6,8-9,11-12,15H,7,10H2,(H,21,24). The molecule has 0 aliphatic carbocycles. The first kappa shape index (κ1) is 14.4. The van der Waals surface area contributed by atoms with Crippen LogP contribution in [0.3, 0.4) is 0 Å². The van der Waals surface area contributed by atoms with Crippen LogP contribution in [0.5, 0.6) is 0 Å². The summed E-state index contributed by atoms with van der Waals surface area (Å²) in [5, 5.41) is 2.99. The van der Waals surface area contributed by atoms with Crippen molar-refractivity contribution in [1.82, 2.24) is 24.8 Å². The van der Waals surface area contributed by atoms with Crippen molar-refractivity contribution in [2.75, 3.05) is 11.4 Å². The Morgan fingerprint density at radius 2 is 2.04 bits per heavy atom. The van der Waals surface area contributed by atoms with Crippen molar-refractivity contribution in [1.29, 1.82) is 0 Å². The van der Waals surface area contributed by atoms with Crippen LogP contribution in [0.25, 0.3) is 5.82 Å². The van der Waals surface area contributed by atoms with E-state index < -0.39 is 0 Å². The fraction of sp³-hybridized carbons (Fsp3) is 0.176. The van der Waals surface area contributed by atoms with Gasteiger partial charge in [0.25, 0.3) is 5.91 Å². The monoisotopic (exact) mass is 320 g/mol. The zero-order chi connectivity index (χ0) is 16.4. The van der Waals surface area contributed by atoms with Crippen LogP contribution >= 0.6 is 0 Å². The molecule has 2 aromatic heterocycles. The molecule has 1 atom stereocenters. The van der Waals surface area contributed by atoms with Gasteiger partial charge in [-0.3, -0.25) is 9.36 Å². The second-order valence-corrected chi connectivity index (χ2v) is 5.52. The molecule has 0 bridgehead atoms. The van der Waals surface area contributed by atoms with Crippen LogP contribution < -0.4 is 10.2 Å². The van der Waals surface area contributed by atoms with Gasteiger partial charge in [-0.05, 0) is 18.2 Å². The molecule has 1 saturated heterocycles. The Morgan fingerprint density at radius 1 is 1.17 bits per heavy atom. The first-order chi connectivity index (χ1) is 11.8. The summed E-state index contributed by atoms with van der Waals surface area (Å²) in [6.07, 6.45) is 7.52. The van der Waals surface area contributed by atoms with Gasteiger partial charge in [0, 0.05) is 37.2 Å². The van der Waals surface area contributed by atoms with Crippen LogP contribution in [0.4, 0.5) is 5.69 Å². The maximum Gasteiger partial charge on any atom is 0.290 e. The summed E-state index contributed by atoms with van der Waals surface area (Å²) < 4.78 is 1.73. The van der Waals surface area contributed by atoms with E-state index in [9.17, 15) is 4.79 Å². The number of nitrogens with one attached hydrogen (secondary N) is 1. The highest BCUT2D eigenvalue weighted by atomic mass is 16.2. The van der Waals surface area contributed by atoms with Gasteiger partial charge in [0.1, 0.15) is 18.3 Å². The molecule has 120 valence electrons. The lowest BCUT2D eigenvalue weighted by molar-refractivity contribution is 0.0912. The van der Waals surface area contributed by atoms with Crippen molar-refractivity contribution in [2.45, 2.75) is 12.6 Å². The van der Waals surface area contributed by atoms with Crippen LogP contribution in [0.1, 0.15) is 17.0 Å². The fourth-order valence-electron chi connectivity index (χ4n) is 2.68. The second-order valence-electron chi connectivity index (χ2n) is 5.52. The predicted molar refractivity (Wildman–Crippen MR) is 88.8 cm³/mol. The number of rotatable bonds is 4. The largest absolute Gasteiger partial charge is 0.351 e. The van der Waals surface area contributed by atoms with Gasteiger partial charge >= 0.3 is 0 Å². The second kappa shape index (κ2) is 6.11. The van der Waals surface area contributed by atoms with Gasteiger partial charge in [-0.1, -0.05) is 18.2 Å². The number of amides is 1. The minimum absolute atomic E-state index is 0.0274. The molecule has 0 saturated carbocycles. The molecule has 4 rings (SSSR count). The van der Waals surface area contributed by atoms with Crippen molar-refractivity contribution in [3.05, 3.63) is 67.1 Å². The molecule has 7 nitrogen and oxygen atoms in total. The molecule has 1 aromatic carbocycles. The van der Waals surface area contributed by atoms with Gasteiger partial charge in [-0.2, -0.15) is 0 Å².